The van der Waals surface area contributed by atoms with Crippen LogP contribution in [0.2, 0.25) is 0 Å². The van der Waals surface area contributed by atoms with Gasteiger partial charge in [-0.05, 0) is 42.9 Å². The first-order valence-corrected chi connectivity index (χ1v) is 10.4. The largest absolute Gasteiger partial charge is 0.497 e. The van der Waals surface area contributed by atoms with Crippen LogP contribution >= 0.6 is 0 Å². The minimum Gasteiger partial charge on any atom is -0.497 e. The van der Waals surface area contributed by atoms with Gasteiger partial charge in [0.1, 0.15) is 11.8 Å². The number of amides is 3. The second kappa shape index (κ2) is 10.8. The number of piperidine rings is 1. The van der Waals surface area contributed by atoms with Crippen molar-refractivity contribution in [2.24, 2.45) is 11.8 Å². The van der Waals surface area contributed by atoms with Gasteiger partial charge in [-0.1, -0.05) is 26.8 Å². The maximum Gasteiger partial charge on any atom is 0.252 e. The summed E-state index contributed by atoms with van der Waals surface area (Å²) in [5, 5.41) is 5.87. The molecule has 1 aliphatic rings. The lowest BCUT2D eigenvalue weighted by atomic mass is 9.88. The van der Waals surface area contributed by atoms with Crippen molar-refractivity contribution in [3.05, 3.63) is 29.8 Å². The Morgan fingerprint density at radius 1 is 1.21 bits per heavy atom. The van der Waals surface area contributed by atoms with Gasteiger partial charge in [0.15, 0.2) is 0 Å². The van der Waals surface area contributed by atoms with Gasteiger partial charge in [0, 0.05) is 31.6 Å². The predicted octanol–water partition coefficient (Wildman–Crippen LogP) is 2.21. The number of hydrogen-bond acceptors (Lipinski definition) is 4. The normalized spacial score (nSPS) is 15.7. The fourth-order valence-corrected chi connectivity index (χ4v) is 3.51. The van der Waals surface area contributed by atoms with E-state index < -0.39 is 6.04 Å². The Labute approximate surface area is 173 Å². The van der Waals surface area contributed by atoms with Crippen LogP contribution < -0.4 is 15.4 Å². The smallest absolute Gasteiger partial charge is 0.252 e. The van der Waals surface area contributed by atoms with Gasteiger partial charge >= 0.3 is 0 Å². The maximum absolute atomic E-state index is 12.9. The Morgan fingerprint density at radius 2 is 1.90 bits per heavy atom. The molecular weight excluding hydrogens is 370 g/mol. The monoisotopic (exact) mass is 403 g/mol. The first-order valence-electron chi connectivity index (χ1n) is 10.4. The van der Waals surface area contributed by atoms with E-state index in [0.717, 1.165) is 0 Å². The van der Waals surface area contributed by atoms with Gasteiger partial charge in [-0.3, -0.25) is 14.4 Å². The Kier molecular flexibility index (Phi) is 8.49. The highest BCUT2D eigenvalue weighted by Crippen LogP contribution is 2.22. The standard InChI is InChI=1S/C22H33N3O4/c1-5-19(26)25-11-9-16(10-12-25)20(22(28)23-14-15(2)3)24-21(27)17-7-6-8-18(13-17)29-4/h6-8,13,15-16,20H,5,9-12,14H2,1-4H3,(H,23,28)(H,24,27)/t20-/m1/s1. The van der Waals surface area contributed by atoms with Gasteiger partial charge in [-0.15, -0.1) is 0 Å². The maximum atomic E-state index is 12.9. The predicted molar refractivity (Wildman–Crippen MR) is 112 cm³/mol. The molecule has 0 aromatic heterocycles. The molecule has 160 valence electrons. The van der Waals surface area contributed by atoms with Gasteiger partial charge < -0.3 is 20.3 Å². The van der Waals surface area contributed by atoms with E-state index in [1.165, 1.54) is 0 Å². The average Bonchev–Trinajstić information content (AvgIpc) is 2.75. The van der Waals surface area contributed by atoms with Crippen molar-refractivity contribution in [1.29, 1.82) is 0 Å². The average molecular weight is 404 g/mol. The van der Waals surface area contributed by atoms with E-state index >= 15 is 0 Å². The number of carbonyl (C=O) groups is 3. The summed E-state index contributed by atoms with van der Waals surface area (Å²) in [5.74, 6) is 0.542. The molecule has 1 saturated heterocycles. The summed E-state index contributed by atoms with van der Waals surface area (Å²) in [4.78, 5) is 39.5. The van der Waals surface area contributed by atoms with Gasteiger partial charge in [-0.25, -0.2) is 0 Å². The summed E-state index contributed by atoms with van der Waals surface area (Å²) < 4.78 is 5.19. The Bertz CT molecular complexity index is 712. The molecule has 1 aromatic rings. The Balaban J connectivity index is 2.11. The van der Waals surface area contributed by atoms with E-state index in [2.05, 4.69) is 10.6 Å². The highest BCUT2D eigenvalue weighted by Gasteiger charge is 2.33. The molecule has 1 heterocycles. The highest BCUT2D eigenvalue weighted by molar-refractivity contribution is 5.98. The molecule has 2 N–H and O–H groups in total. The van der Waals surface area contributed by atoms with E-state index in [1.807, 2.05) is 25.7 Å². The Morgan fingerprint density at radius 3 is 2.48 bits per heavy atom. The molecule has 1 atom stereocenters. The molecule has 0 spiro atoms. The quantitative estimate of drug-likeness (QED) is 0.697. The summed E-state index contributed by atoms with van der Waals surface area (Å²) in [5.41, 5.74) is 0.449. The van der Waals surface area contributed by atoms with Crippen molar-refractivity contribution in [2.45, 2.75) is 46.1 Å². The van der Waals surface area contributed by atoms with Crippen LogP contribution in [-0.2, 0) is 9.59 Å². The van der Waals surface area contributed by atoms with Crippen LogP contribution in [-0.4, -0.2) is 55.4 Å². The second-order valence-electron chi connectivity index (χ2n) is 7.89. The summed E-state index contributed by atoms with van der Waals surface area (Å²) >= 11 is 0. The van der Waals surface area contributed by atoms with Crippen molar-refractivity contribution in [3.8, 4) is 5.75 Å². The van der Waals surface area contributed by atoms with Crippen LogP contribution in [0.1, 0.15) is 50.4 Å². The van der Waals surface area contributed by atoms with E-state index in [4.69, 9.17) is 4.74 Å². The molecule has 3 amide bonds. The third-order valence-corrected chi connectivity index (χ3v) is 5.25. The van der Waals surface area contributed by atoms with Crippen molar-refractivity contribution < 1.29 is 19.1 Å². The molecule has 1 fully saturated rings. The fraction of sp³-hybridized carbons (Fsp3) is 0.591. The van der Waals surface area contributed by atoms with Gasteiger partial charge in [0.05, 0.1) is 7.11 Å². The zero-order valence-electron chi connectivity index (χ0n) is 17.9. The first kappa shape index (κ1) is 22.7. The van der Waals surface area contributed by atoms with Gasteiger partial charge in [0.25, 0.3) is 5.91 Å². The number of rotatable bonds is 8. The molecule has 0 bridgehead atoms. The molecule has 7 heteroatoms. The summed E-state index contributed by atoms with van der Waals surface area (Å²) in [7, 11) is 1.55. The van der Waals surface area contributed by atoms with Gasteiger partial charge in [-0.2, -0.15) is 0 Å². The zero-order valence-corrected chi connectivity index (χ0v) is 17.9. The van der Waals surface area contributed by atoms with E-state index in [0.29, 0.717) is 56.1 Å². The minimum absolute atomic E-state index is 0.0161. The topological polar surface area (TPSA) is 87.7 Å². The molecule has 0 aliphatic carbocycles. The molecule has 0 radical (unpaired) electrons. The van der Waals surface area contributed by atoms with Crippen molar-refractivity contribution >= 4 is 17.7 Å². The van der Waals surface area contributed by atoms with E-state index in [1.54, 1.807) is 31.4 Å². The van der Waals surface area contributed by atoms with Crippen LogP contribution in [0.15, 0.2) is 24.3 Å². The van der Waals surface area contributed by atoms with Gasteiger partial charge in [0.2, 0.25) is 11.8 Å². The van der Waals surface area contributed by atoms with Crippen LogP contribution in [0.25, 0.3) is 0 Å². The summed E-state index contributed by atoms with van der Waals surface area (Å²) in [6.45, 7) is 7.68. The lowest BCUT2D eigenvalue weighted by molar-refractivity contribution is -0.132. The molecule has 0 saturated carbocycles. The summed E-state index contributed by atoms with van der Waals surface area (Å²) in [6, 6.07) is 6.23. The molecule has 29 heavy (non-hydrogen) atoms. The molecular formula is C22H33N3O4. The number of carbonyl (C=O) groups excluding carboxylic acids is 3. The molecule has 2 rings (SSSR count). The number of methoxy groups -OCH3 is 1. The van der Waals surface area contributed by atoms with E-state index in [-0.39, 0.29) is 23.6 Å². The number of ether oxygens (including phenoxy) is 1. The number of benzene rings is 1. The number of nitrogens with one attached hydrogen (secondary N) is 2. The highest BCUT2D eigenvalue weighted by atomic mass is 16.5. The molecule has 1 aromatic carbocycles. The zero-order chi connectivity index (χ0) is 21.4. The number of nitrogens with zero attached hydrogens (tertiary/aromatic N) is 1. The fourth-order valence-electron chi connectivity index (χ4n) is 3.51. The molecule has 7 nitrogen and oxygen atoms in total. The SMILES string of the molecule is CCC(=O)N1CCC([C@@H](NC(=O)c2cccc(OC)c2)C(=O)NCC(C)C)CC1. The van der Waals surface area contributed by atoms with Crippen molar-refractivity contribution in [1.82, 2.24) is 15.5 Å². The van der Waals surface area contributed by atoms with Crippen LogP contribution in [0.3, 0.4) is 0 Å². The Hall–Kier alpha value is -2.57. The first-order chi connectivity index (χ1) is 13.8. The van der Waals surface area contributed by atoms with Crippen LogP contribution in [0.5, 0.6) is 5.75 Å². The number of hydrogen-bond donors (Lipinski definition) is 2. The third-order valence-electron chi connectivity index (χ3n) is 5.25. The third kappa shape index (κ3) is 6.48. The second-order valence-corrected chi connectivity index (χ2v) is 7.89. The molecule has 0 unspecified atom stereocenters. The number of likely N-dealkylation sites (tertiary alicyclic amines) is 1. The minimum atomic E-state index is -0.633. The van der Waals surface area contributed by atoms with E-state index in [9.17, 15) is 14.4 Å². The summed E-state index contributed by atoms with van der Waals surface area (Å²) in [6.07, 6.45) is 1.85. The van der Waals surface area contributed by atoms with Crippen LogP contribution in [0, 0.1) is 11.8 Å². The van der Waals surface area contributed by atoms with Crippen molar-refractivity contribution in [3.63, 3.8) is 0 Å². The lowest BCUT2D eigenvalue weighted by Crippen LogP contribution is -2.54. The molecule has 1 aliphatic heterocycles. The lowest BCUT2D eigenvalue weighted by Gasteiger charge is -2.35. The van der Waals surface area contributed by atoms with Crippen molar-refractivity contribution in [2.75, 3.05) is 26.7 Å². The van der Waals surface area contributed by atoms with Crippen LogP contribution in [0.4, 0.5) is 0 Å².